The molecule has 0 spiro atoms. The monoisotopic (exact) mass is 236 g/mol. The van der Waals surface area contributed by atoms with Gasteiger partial charge in [-0.05, 0) is 13.3 Å². The minimum atomic E-state index is -3.20. The van der Waals surface area contributed by atoms with Crippen LogP contribution in [-0.4, -0.2) is 50.3 Å². The topological polar surface area (TPSA) is 72.6 Å². The van der Waals surface area contributed by atoms with Crippen molar-refractivity contribution in [2.45, 2.75) is 32.4 Å². The lowest BCUT2D eigenvalue weighted by Gasteiger charge is -2.37. The van der Waals surface area contributed by atoms with Gasteiger partial charge in [-0.3, -0.25) is 0 Å². The highest BCUT2D eigenvalue weighted by Gasteiger charge is 2.33. The van der Waals surface area contributed by atoms with E-state index in [0.29, 0.717) is 13.2 Å². The van der Waals surface area contributed by atoms with Crippen molar-refractivity contribution < 1.29 is 13.2 Å². The number of hydrogen-bond acceptors (Lipinski definition) is 4. The maximum absolute atomic E-state index is 11.9. The zero-order valence-corrected chi connectivity index (χ0v) is 10.2. The molecule has 1 aliphatic rings. The summed E-state index contributed by atoms with van der Waals surface area (Å²) in [6.45, 7) is 4.96. The molecular formula is C9H20N2O3S. The van der Waals surface area contributed by atoms with E-state index in [1.165, 1.54) is 0 Å². The maximum atomic E-state index is 11.9. The predicted octanol–water partition coefficient (Wildman–Crippen LogP) is -0.226. The van der Waals surface area contributed by atoms with Crippen molar-refractivity contribution in [3.8, 4) is 0 Å². The fourth-order valence-corrected chi connectivity index (χ4v) is 3.38. The first kappa shape index (κ1) is 12.9. The molecule has 0 radical (unpaired) electrons. The molecule has 0 saturated carbocycles. The summed E-state index contributed by atoms with van der Waals surface area (Å²) in [6, 6.07) is -0.0299. The lowest BCUT2D eigenvalue weighted by atomic mass is 10.2. The van der Waals surface area contributed by atoms with Gasteiger partial charge in [0.05, 0.1) is 18.5 Å². The van der Waals surface area contributed by atoms with E-state index in [9.17, 15) is 8.42 Å². The van der Waals surface area contributed by atoms with E-state index < -0.39 is 10.0 Å². The number of rotatable bonds is 4. The number of morpholine rings is 1. The number of nitrogens with two attached hydrogens (primary N) is 1. The normalized spacial score (nSPS) is 29.3. The molecular weight excluding hydrogens is 216 g/mol. The molecule has 0 aliphatic carbocycles. The molecule has 1 rings (SSSR count). The molecule has 1 heterocycles. The lowest BCUT2D eigenvalue weighted by molar-refractivity contribution is -0.0230. The molecule has 15 heavy (non-hydrogen) atoms. The van der Waals surface area contributed by atoms with E-state index in [4.69, 9.17) is 10.5 Å². The molecule has 0 amide bonds. The molecule has 2 unspecified atom stereocenters. The van der Waals surface area contributed by atoms with Crippen LogP contribution in [0.25, 0.3) is 0 Å². The molecule has 0 aromatic rings. The minimum Gasteiger partial charge on any atom is -0.375 e. The van der Waals surface area contributed by atoms with E-state index in [1.54, 1.807) is 4.31 Å². The molecule has 2 N–H and O–H groups in total. The van der Waals surface area contributed by atoms with Crippen molar-refractivity contribution in [1.82, 2.24) is 4.31 Å². The second-order valence-corrected chi connectivity index (χ2v) is 5.92. The number of ether oxygens (including phenoxy) is 1. The average molecular weight is 236 g/mol. The Kier molecular flexibility index (Phi) is 4.51. The van der Waals surface area contributed by atoms with E-state index in [0.717, 1.165) is 6.42 Å². The lowest BCUT2D eigenvalue weighted by Crippen LogP contribution is -2.52. The molecule has 0 aromatic carbocycles. The van der Waals surface area contributed by atoms with Gasteiger partial charge in [-0.25, -0.2) is 8.42 Å². The van der Waals surface area contributed by atoms with E-state index in [2.05, 4.69) is 0 Å². The Morgan fingerprint density at radius 2 is 2.20 bits per heavy atom. The van der Waals surface area contributed by atoms with Crippen molar-refractivity contribution >= 4 is 10.0 Å². The molecule has 5 nitrogen and oxygen atoms in total. The van der Waals surface area contributed by atoms with Gasteiger partial charge in [0.15, 0.2) is 0 Å². The highest BCUT2D eigenvalue weighted by molar-refractivity contribution is 7.89. The first-order chi connectivity index (χ1) is 7.01. The average Bonchev–Trinajstić information content (AvgIpc) is 2.17. The van der Waals surface area contributed by atoms with Gasteiger partial charge in [0, 0.05) is 19.1 Å². The number of nitrogens with zero attached hydrogens (tertiary/aromatic N) is 1. The van der Waals surface area contributed by atoms with E-state index in [1.807, 2.05) is 13.8 Å². The first-order valence-corrected chi connectivity index (χ1v) is 6.93. The summed E-state index contributed by atoms with van der Waals surface area (Å²) in [7, 11) is -3.20. The van der Waals surface area contributed by atoms with Crippen molar-refractivity contribution in [2.75, 3.05) is 25.4 Å². The SMILES string of the molecule is CCC1COC(C)CN1S(=O)(=O)CCN. The van der Waals surface area contributed by atoms with Crippen LogP contribution in [0.15, 0.2) is 0 Å². The van der Waals surface area contributed by atoms with Crippen LogP contribution in [0.2, 0.25) is 0 Å². The Balaban J connectivity index is 2.79. The largest absolute Gasteiger partial charge is 0.375 e. The van der Waals surface area contributed by atoms with Crippen LogP contribution in [0, 0.1) is 0 Å². The second-order valence-electron chi connectivity index (χ2n) is 3.88. The van der Waals surface area contributed by atoms with Crippen molar-refractivity contribution in [3.63, 3.8) is 0 Å². The van der Waals surface area contributed by atoms with Crippen molar-refractivity contribution in [1.29, 1.82) is 0 Å². The van der Waals surface area contributed by atoms with Crippen LogP contribution in [0.3, 0.4) is 0 Å². The Bertz CT molecular complexity index is 292. The fourth-order valence-electron chi connectivity index (χ4n) is 1.74. The molecule has 1 saturated heterocycles. The van der Waals surface area contributed by atoms with Gasteiger partial charge in [0.2, 0.25) is 10.0 Å². The van der Waals surface area contributed by atoms with Gasteiger partial charge in [-0.2, -0.15) is 4.31 Å². The third kappa shape index (κ3) is 3.14. The maximum Gasteiger partial charge on any atom is 0.215 e. The summed E-state index contributed by atoms with van der Waals surface area (Å²) >= 11 is 0. The summed E-state index contributed by atoms with van der Waals surface area (Å²) in [5.41, 5.74) is 5.31. The Morgan fingerprint density at radius 3 is 2.73 bits per heavy atom. The van der Waals surface area contributed by atoms with Gasteiger partial charge >= 0.3 is 0 Å². The van der Waals surface area contributed by atoms with E-state index in [-0.39, 0.29) is 24.4 Å². The van der Waals surface area contributed by atoms with Crippen LogP contribution in [0.1, 0.15) is 20.3 Å². The third-order valence-electron chi connectivity index (χ3n) is 2.62. The first-order valence-electron chi connectivity index (χ1n) is 5.32. The zero-order valence-electron chi connectivity index (χ0n) is 9.35. The van der Waals surface area contributed by atoms with Crippen LogP contribution in [0.4, 0.5) is 0 Å². The van der Waals surface area contributed by atoms with Gasteiger partial charge in [-0.1, -0.05) is 6.92 Å². The zero-order chi connectivity index (χ0) is 11.5. The Morgan fingerprint density at radius 1 is 1.53 bits per heavy atom. The summed E-state index contributed by atoms with van der Waals surface area (Å²) in [5.74, 6) is 0.0240. The standard InChI is InChI=1S/C9H20N2O3S/c1-3-9-7-14-8(2)6-11(9)15(12,13)5-4-10/h8-9H,3-7,10H2,1-2H3. The van der Waals surface area contributed by atoms with Crippen LogP contribution < -0.4 is 5.73 Å². The van der Waals surface area contributed by atoms with Gasteiger partial charge < -0.3 is 10.5 Å². The third-order valence-corrected chi connectivity index (χ3v) is 4.54. The van der Waals surface area contributed by atoms with Crippen LogP contribution in [-0.2, 0) is 14.8 Å². The second kappa shape index (κ2) is 5.25. The molecule has 1 fully saturated rings. The summed E-state index contributed by atoms with van der Waals surface area (Å²) < 4.78 is 30.8. The molecule has 6 heteroatoms. The Labute approximate surface area is 91.6 Å². The van der Waals surface area contributed by atoms with Gasteiger partial charge in [-0.15, -0.1) is 0 Å². The highest BCUT2D eigenvalue weighted by Crippen LogP contribution is 2.18. The van der Waals surface area contributed by atoms with Gasteiger partial charge in [0.25, 0.3) is 0 Å². The smallest absolute Gasteiger partial charge is 0.215 e. The summed E-state index contributed by atoms with van der Waals surface area (Å²) in [6.07, 6.45) is 0.747. The molecule has 2 atom stereocenters. The van der Waals surface area contributed by atoms with Crippen LogP contribution in [0.5, 0.6) is 0 Å². The van der Waals surface area contributed by atoms with Gasteiger partial charge in [0.1, 0.15) is 0 Å². The number of hydrogen-bond donors (Lipinski definition) is 1. The molecule has 0 aromatic heterocycles. The molecule has 1 aliphatic heterocycles. The predicted molar refractivity (Wildman–Crippen MR) is 59.0 cm³/mol. The van der Waals surface area contributed by atoms with Crippen molar-refractivity contribution in [3.05, 3.63) is 0 Å². The minimum absolute atomic E-state index is 0.0240. The quantitative estimate of drug-likeness (QED) is 0.732. The Hall–Kier alpha value is -0.170. The highest BCUT2D eigenvalue weighted by atomic mass is 32.2. The fraction of sp³-hybridized carbons (Fsp3) is 1.00. The van der Waals surface area contributed by atoms with Crippen LogP contribution >= 0.6 is 0 Å². The number of sulfonamides is 1. The van der Waals surface area contributed by atoms with Crippen molar-refractivity contribution in [2.24, 2.45) is 5.73 Å². The summed E-state index contributed by atoms with van der Waals surface area (Å²) in [4.78, 5) is 0. The molecule has 90 valence electrons. The van der Waals surface area contributed by atoms with E-state index >= 15 is 0 Å². The summed E-state index contributed by atoms with van der Waals surface area (Å²) in [5, 5.41) is 0. The molecule has 0 bridgehead atoms.